The van der Waals surface area contributed by atoms with E-state index < -0.39 is 10.5 Å². The van der Waals surface area contributed by atoms with Gasteiger partial charge in [0.15, 0.2) is 0 Å². The molecule has 6 nitrogen and oxygen atoms in total. The second-order valence-corrected chi connectivity index (χ2v) is 6.56. The van der Waals surface area contributed by atoms with Gasteiger partial charge in [0, 0.05) is 11.0 Å². The molecule has 7 heteroatoms. The Morgan fingerprint density at radius 3 is 2.67 bits per heavy atom. The van der Waals surface area contributed by atoms with E-state index in [1.165, 1.54) is 22.7 Å². The second kappa shape index (κ2) is 4.99. The van der Waals surface area contributed by atoms with Crippen LogP contribution in [0, 0.1) is 16.0 Å². The molecule has 1 amide bonds. The Kier molecular flexibility index (Phi) is 3.41. The number of hydrogen-bond acceptors (Lipinski definition) is 5. The van der Waals surface area contributed by atoms with Crippen molar-refractivity contribution in [3.05, 3.63) is 33.9 Å². The fraction of sp³-hybridized carbons (Fsp3) is 0.500. The van der Waals surface area contributed by atoms with Crippen molar-refractivity contribution in [2.75, 3.05) is 19.3 Å². The highest BCUT2D eigenvalue weighted by Crippen LogP contribution is 2.45. The third kappa shape index (κ3) is 2.51. The van der Waals surface area contributed by atoms with Crippen molar-refractivity contribution in [1.82, 2.24) is 4.90 Å². The molecular formula is C14H16N2O4S. The Balaban J connectivity index is 1.82. The second-order valence-electron chi connectivity index (χ2n) is 5.68. The topological polar surface area (TPSA) is 83.7 Å². The predicted molar refractivity (Wildman–Crippen MR) is 78.5 cm³/mol. The van der Waals surface area contributed by atoms with E-state index in [0.717, 1.165) is 17.7 Å². The van der Waals surface area contributed by atoms with Crippen LogP contribution in [0.2, 0.25) is 0 Å². The van der Waals surface area contributed by atoms with Crippen LogP contribution in [0.1, 0.15) is 23.2 Å². The molecule has 3 rings (SSSR count). The molecule has 21 heavy (non-hydrogen) atoms. The summed E-state index contributed by atoms with van der Waals surface area (Å²) < 4.78 is 0. The number of hydrogen-bond donors (Lipinski definition) is 1. The third-order valence-electron chi connectivity index (χ3n) is 4.18. The summed E-state index contributed by atoms with van der Waals surface area (Å²) in [6.45, 7) is 0.550. The lowest BCUT2D eigenvalue weighted by molar-refractivity contribution is -0.385. The number of carbonyl (C=O) groups is 1. The number of likely N-dealkylation sites (tertiary alicyclic amines) is 1. The zero-order valence-electron chi connectivity index (χ0n) is 11.6. The number of nitro groups is 1. The predicted octanol–water partition coefficient (Wildman–Crippen LogP) is 1.91. The number of β-amino-alcohol motifs (C(OH)–C–C–N with tert-alkyl or cyclic N) is 1. The first-order chi connectivity index (χ1) is 9.94. The maximum Gasteiger partial charge on any atom is 0.282 e. The minimum Gasteiger partial charge on any atom is -0.386 e. The summed E-state index contributed by atoms with van der Waals surface area (Å²) in [4.78, 5) is 25.3. The Morgan fingerprint density at radius 2 is 2.14 bits per heavy atom. The highest BCUT2D eigenvalue weighted by Gasteiger charge is 2.53. The minimum atomic E-state index is -0.776. The molecule has 0 unspecified atom stereocenters. The smallest absolute Gasteiger partial charge is 0.282 e. The number of carbonyl (C=O) groups excluding carboxylic acids is 1. The molecule has 0 bridgehead atoms. The van der Waals surface area contributed by atoms with Crippen molar-refractivity contribution in [3.8, 4) is 0 Å². The van der Waals surface area contributed by atoms with Gasteiger partial charge in [0.1, 0.15) is 11.2 Å². The van der Waals surface area contributed by atoms with Crippen molar-refractivity contribution in [2.24, 2.45) is 5.92 Å². The fourth-order valence-electron chi connectivity index (χ4n) is 2.78. The average molecular weight is 308 g/mol. The number of nitrogens with zero attached hydrogens (tertiary/aromatic N) is 2. The van der Waals surface area contributed by atoms with E-state index in [1.807, 2.05) is 6.26 Å². The maximum absolute atomic E-state index is 12.5. The lowest BCUT2D eigenvalue weighted by atomic mass is 9.88. The third-order valence-corrected chi connectivity index (χ3v) is 4.91. The van der Waals surface area contributed by atoms with Gasteiger partial charge in [-0.3, -0.25) is 14.9 Å². The number of nitro benzene ring substituents is 1. The summed E-state index contributed by atoms with van der Waals surface area (Å²) in [5, 5.41) is 21.3. The normalized spacial score (nSPS) is 20.0. The monoisotopic (exact) mass is 308 g/mol. The molecule has 1 aliphatic carbocycles. The van der Waals surface area contributed by atoms with Crippen molar-refractivity contribution in [1.29, 1.82) is 0 Å². The van der Waals surface area contributed by atoms with Gasteiger partial charge < -0.3 is 10.0 Å². The molecule has 0 aromatic heterocycles. The highest BCUT2D eigenvalue weighted by atomic mass is 32.2. The molecule has 2 fully saturated rings. The van der Waals surface area contributed by atoms with E-state index >= 15 is 0 Å². The van der Waals surface area contributed by atoms with E-state index in [-0.39, 0.29) is 36.2 Å². The summed E-state index contributed by atoms with van der Waals surface area (Å²) in [5.74, 6) is -0.0861. The zero-order valence-corrected chi connectivity index (χ0v) is 12.4. The molecule has 0 atom stereocenters. The van der Waals surface area contributed by atoms with Crippen LogP contribution in [0.15, 0.2) is 23.1 Å². The van der Waals surface area contributed by atoms with Crippen molar-refractivity contribution >= 4 is 23.4 Å². The van der Waals surface area contributed by atoms with Gasteiger partial charge >= 0.3 is 0 Å². The molecular weight excluding hydrogens is 292 g/mol. The van der Waals surface area contributed by atoms with Gasteiger partial charge in [-0.2, -0.15) is 0 Å². The Hall–Kier alpha value is -1.60. The van der Waals surface area contributed by atoms with Crippen molar-refractivity contribution in [3.63, 3.8) is 0 Å². The quantitative estimate of drug-likeness (QED) is 0.522. The van der Waals surface area contributed by atoms with E-state index in [2.05, 4.69) is 0 Å². The highest BCUT2D eigenvalue weighted by molar-refractivity contribution is 7.98. The molecule has 1 aliphatic heterocycles. The molecule has 1 aromatic rings. The summed E-state index contributed by atoms with van der Waals surface area (Å²) in [6, 6.07) is 4.56. The average Bonchev–Trinajstić information content (AvgIpc) is 3.27. The van der Waals surface area contributed by atoms with Gasteiger partial charge in [-0.25, -0.2) is 0 Å². The van der Waals surface area contributed by atoms with Crippen LogP contribution < -0.4 is 0 Å². The van der Waals surface area contributed by atoms with Crippen LogP contribution >= 0.6 is 11.8 Å². The molecule has 1 saturated heterocycles. The summed E-state index contributed by atoms with van der Waals surface area (Å²) in [6.07, 6.45) is 3.85. The Bertz CT molecular complexity index is 609. The number of aliphatic hydroxyl groups is 1. The molecule has 1 heterocycles. The summed E-state index contributed by atoms with van der Waals surface area (Å²) in [5.41, 5.74) is -0.856. The van der Waals surface area contributed by atoms with Crippen LogP contribution in [0.3, 0.4) is 0 Å². The van der Waals surface area contributed by atoms with Crippen molar-refractivity contribution in [2.45, 2.75) is 23.3 Å². The van der Waals surface area contributed by atoms with E-state index in [1.54, 1.807) is 12.1 Å². The first-order valence-corrected chi connectivity index (χ1v) is 8.01. The molecule has 1 N–H and O–H groups in total. The standard InChI is InChI=1S/C14H16N2O4S/c1-21-10-4-5-12(16(19)20)11(6-10)13(17)15-7-14(18,8-15)9-2-3-9/h4-6,9,18H,2-3,7-8H2,1H3. The number of thioether (sulfide) groups is 1. The van der Waals surface area contributed by atoms with Gasteiger partial charge in [-0.15, -0.1) is 11.8 Å². The van der Waals surface area contributed by atoms with Gasteiger partial charge in [0.2, 0.25) is 0 Å². The maximum atomic E-state index is 12.5. The lowest BCUT2D eigenvalue weighted by Gasteiger charge is -2.46. The molecule has 1 aromatic carbocycles. The first-order valence-electron chi connectivity index (χ1n) is 6.79. The molecule has 0 spiro atoms. The van der Waals surface area contributed by atoms with Crippen LogP contribution in [0.5, 0.6) is 0 Å². The Labute approximate surface area is 126 Å². The molecule has 112 valence electrons. The molecule has 2 aliphatic rings. The van der Waals surface area contributed by atoms with E-state index in [4.69, 9.17) is 0 Å². The summed E-state index contributed by atoms with van der Waals surface area (Å²) >= 11 is 1.43. The fourth-order valence-corrected chi connectivity index (χ4v) is 3.22. The van der Waals surface area contributed by atoms with Gasteiger partial charge in [-0.1, -0.05) is 0 Å². The van der Waals surface area contributed by atoms with Gasteiger partial charge in [0.05, 0.1) is 18.0 Å². The van der Waals surface area contributed by atoms with Crippen LogP contribution in [-0.2, 0) is 0 Å². The summed E-state index contributed by atoms with van der Waals surface area (Å²) in [7, 11) is 0. The largest absolute Gasteiger partial charge is 0.386 e. The van der Waals surface area contributed by atoms with Crippen LogP contribution in [-0.4, -0.2) is 45.8 Å². The SMILES string of the molecule is CSc1ccc([N+](=O)[O-])c(C(=O)N2CC(O)(C3CC3)C2)c1. The van der Waals surface area contributed by atoms with E-state index in [0.29, 0.717) is 0 Å². The van der Waals surface area contributed by atoms with Crippen LogP contribution in [0.4, 0.5) is 5.69 Å². The number of rotatable bonds is 4. The van der Waals surface area contributed by atoms with Crippen LogP contribution in [0.25, 0.3) is 0 Å². The van der Waals surface area contributed by atoms with Gasteiger partial charge in [-0.05, 0) is 37.1 Å². The molecule has 1 saturated carbocycles. The van der Waals surface area contributed by atoms with Crippen molar-refractivity contribution < 1.29 is 14.8 Å². The first kappa shape index (κ1) is 14.3. The number of benzene rings is 1. The minimum absolute atomic E-state index is 0.102. The zero-order chi connectivity index (χ0) is 15.2. The lowest BCUT2D eigenvalue weighted by Crippen LogP contribution is -2.64. The number of amides is 1. The Morgan fingerprint density at radius 1 is 1.48 bits per heavy atom. The van der Waals surface area contributed by atoms with Gasteiger partial charge in [0.25, 0.3) is 11.6 Å². The molecule has 0 radical (unpaired) electrons. The van der Waals surface area contributed by atoms with E-state index in [9.17, 15) is 20.0 Å².